The zero-order valence-corrected chi connectivity index (χ0v) is 15.7. The summed E-state index contributed by atoms with van der Waals surface area (Å²) in [6, 6.07) is 5.71. The fraction of sp³-hybridized carbons (Fsp3) is 0.312. The summed E-state index contributed by atoms with van der Waals surface area (Å²) in [5.74, 6) is -0.541. The summed E-state index contributed by atoms with van der Waals surface area (Å²) in [5, 5.41) is 5.59. The molecule has 1 aromatic heterocycles. The van der Waals surface area contributed by atoms with Crippen molar-refractivity contribution in [3.63, 3.8) is 0 Å². The minimum Gasteiger partial charge on any atom is -0.365 e. The zero-order valence-electron chi connectivity index (χ0n) is 14.1. The predicted octanol–water partition coefficient (Wildman–Crippen LogP) is 1.36. The van der Waals surface area contributed by atoms with Gasteiger partial charge in [0.15, 0.2) is 5.13 Å². The summed E-state index contributed by atoms with van der Waals surface area (Å²) in [5.41, 5.74) is 1.20. The molecule has 1 fully saturated rings. The molecular weight excluding hydrogens is 376 g/mol. The Balaban J connectivity index is 1.63. The Kier molecular flexibility index (Phi) is 5.35. The number of nitrogens with one attached hydrogen (secondary N) is 2. The molecule has 2 amide bonds. The number of aromatic nitrogens is 1. The van der Waals surface area contributed by atoms with Crippen LogP contribution in [-0.4, -0.2) is 38.8 Å². The molecule has 3 rings (SSSR count). The van der Waals surface area contributed by atoms with Crippen LogP contribution in [0.25, 0.3) is 0 Å². The number of hydrogen-bond acceptors (Lipinski definition) is 7. The third kappa shape index (κ3) is 3.92. The van der Waals surface area contributed by atoms with Crippen LogP contribution in [0.15, 0.2) is 34.5 Å². The summed E-state index contributed by atoms with van der Waals surface area (Å²) in [6.45, 7) is 0.222. The van der Waals surface area contributed by atoms with E-state index < -0.39 is 10.0 Å². The largest absolute Gasteiger partial charge is 0.365 e. The molecule has 2 aromatic rings. The molecule has 2 heterocycles. The first-order valence-corrected chi connectivity index (χ1v) is 10.3. The molecule has 0 spiro atoms. The molecule has 1 aliphatic heterocycles. The Labute approximate surface area is 155 Å². The number of nitrogens with zero attached hydrogens (tertiary/aromatic N) is 2. The minimum atomic E-state index is -3.67. The van der Waals surface area contributed by atoms with E-state index in [2.05, 4.69) is 15.0 Å². The Morgan fingerprint density at radius 2 is 1.81 bits per heavy atom. The van der Waals surface area contributed by atoms with Crippen LogP contribution in [0, 0.1) is 0 Å². The van der Waals surface area contributed by atoms with Crippen molar-refractivity contribution in [1.82, 2.24) is 9.71 Å². The molecule has 0 aliphatic carbocycles. The van der Waals surface area contributed by atoms with Crippen molar-refractivity contribution < 1.29 is 18.0 Å². The summed E-state index contributed by atoms with van der Waals surface area (Å²) in [4.78, 5) is 28.9. The Morgan fingerprint density at radius 3 is 2.38 bits per heavy atom. The van der Waals surface area contributed by atoms with Crippen LogP contribution in [0.3, 0.4) is 0 Å². The van der Waals surface area contributed by atoms with Gasteiger partial charge in [0, 0.05) is 38.2 Å². The topological polar surface area (TPSA) is 108 Å². The fourth-order valence-corrected chi connectivity index (χ4v) is 4.31. The highest BCUT2D eigenvalue weighted by Gasteiger charge is 2.30. The summed E-state index contributed by atoms with van der Waals surface area (Å²) >= 11 is 1.46. The van der Waals surface area contributed by atoms with E-state index >= 15 is 0 Å². The highest BCUT2D eigenvalue weighted by atomic mass is 32.2. The number of rotatable bonds is 7. The second-order valence-corrected chi connectivity index (χ2v) is 8.28. The van der Waals surface area contributed by atoms with Crippen LogP contribution < -0.4 is 14.9 Å². The highest BCUT2D eigenvalue weighted by Crippen LogP contribution is 2.24. The van der Waals surface area contributed by atoms with Crippen LogP contribution in [0.4, 0.5) is 10.8 Å². The molecular formula is C16H18N4O4S2. The first kappa shape index (κ1) is 18.5. The quantitative estimate of drug-likeness (QED) is 0.687. The molecule has 1 saturated heterocycles. The molecule has 2 N–H and O–H groups in total. The molecule has 0 unspecified atom stereocenters. The normalized spacial score (nSPS) is 14.9. The van der Waals surface area contributed by atoms with Crippen molar-refractivity contribution in [2.24, 2.45) is 0 Å². The number of benzene rings is 1. The third-order valence-corrected chi connectivity index (χ3v) is 6.28. The molecule has 0 radical (unpaired) electrons. The Morgan fingerprint density at radius 1 is 1.15 bits per heavy atom. The number of amides is 2. The Bertz CT molecular complexity index is 906. The lowest BCUT2D eigenvalue weighted by molar-refractivity contribution is -0.121. The second kappa shape index (κ2) is 7.52. The van der Waals surface area contributed by atoms with Gasteiger partial charge in [0.25, 0.3) is 0 Å². The van der Waals surface area contributed by atoms with E-state index in [-0.39, 0.29) is 36.1 Å². The van der Waals surface area contributed by atoms with E-state index in [1.54, 1.807) is 7.05 Å². The minimum absolute atomic E-state index is 0.0783. The van der Waals surface area contributed by atoms with Crippen LogP contribution >= 0.6 is 11.3 Å². The van der Waals surface area contributed by atoms with E-state index in [0.29, 0.717) is 12.1 Å². The monoisotopic (exact) mass is 394 g/mol. The molecule has 10 heteroatoms. The standard InChI is InChI=1S/C16H18N4O4S2/c1-17-16-19-11(10-25-16)8-9-18-26(23,24)13-4-2-12(3-5-13)20-14(21)6-7-15(20)22/h2-5,10,18H,6-9H2,1H3,(H,17,19). The van der Waals surface area contributed by atoms with Gasteiger partial charge in [-0.2, -0.15) is 0 Å². The van der Waals surface area contributed by atoms with E-state index in [1.807, 2.05) is 5.38 Å². The maximum Gasteiger partial charge on any atom is 0.240 e. The molecule has 138 valence electrons. The number of thiazole rings is 1. The van der Waals surface area contributed by atoms with Gasteiger partial charge in [-0.05, 0) is 24.3 Å². The van der Waals surface area contributed by atoms with E-state index in [0.717, 1.165) is 15.7 Å². The van der Waals surface area contributed by atoms with Crippen LogP contribution in [-0.2, 0) is 26.0 Å². The van der Waals surface area contributed by atoms with Gasteiger partial charge in [-0.15, -0.1) is 11.3 Å². The molecule has 0 atom stereocenters. The van der Waals surface area contributed by atoms with Gasteiger partial charge in [-0.1, -0.05) is 0 Å². The SMILES string of the molecule is CNc1nc(CCNS(=O)(=O)c2ccc(N3C(=O)CCC3=O)cc2)cs1. The number of anilines is 2. The maximum absolute atomic E-state index is 12.4. The highest BCUT2D eigenvalue weighted by molar-refractivity contribution is 7.89. The van der Waals surface area contributed by atoms with Crippen LogP contribution in [0.5, 0.6) is 0 Å². The first-order chi connectivity index (χ1) is 12.4. The molecule has 1 aromatic carbocycles. The average molecular weight is 394 g/mol. The number of hydrogen-bond donors (Lipinski definition) is 2. The van der Waals surface area contributed by atoms with E-state index in [1.165, 1.54) is 35.6 Å². The van der Waals surface area contributed by atoms with Gasteiger partial charge >= 0.3 is 0 Å². The lowest BCUT2D eigenvalue weighted by atomic mass is 10.3. The molecule has 0 bridgehead atoms. The van der Waals surface area contributed by atoms with Crippen molar-refractivity contribution in [2.45, 2.75) is 24.2 Å². The first-order valence-electron chi connectivity index (χ1n) is 7.98. The molecule has 1 aliphatic rings. The zero-order chi connectivity index (χ0) is 18.7. The second-order valence-electron chi connectivity index (χ2n) is 5.66. The van der Waals surface area contributed by atoms with Crippen molar-refractivity contribution in [3.8, 4) is 0 Å². The van der Waals surface area contributed by atoms with Crippen molar-refractivity contribution >= 4 is 44.0 Å². The van der Waals surface area contributed by atoms with Gasteiger partial charge in [-0.25, -0.2) is 18.1 Å². The number of carbonyl (C=O) groups is 2. The average Bonchev–Trinajstić information content (AvgIpc) is 3.21. The van der Waals surface area contributed by atoms with Gasteiger partial charge in [0.1, 0.15) is 0 Å². The summed E-state index contributed by atoms with van der Waals surface area (Å²) in [7, 11) is -1.90. The van der Waals surface area contributed by atoms with Crippen molar-refractivity contribution in [2.75, 3.05) is 23.8 Å². The number of carbonyl (C=O) groups excluding carboxylic acids is 2. The lowest BCUT2D eigenvalue weighted by Gasteiger charge is -2.14. The van der Waals surface area contributed by atoms with Gasteiger partial charge in [0.2, 0.25) is 21.8 Å². The smallest absolute Gasteiger partial charge is 0.240 e. The maximum atomic E-state index is 12.4. The molecule has 8 nitrogen and oxygen atoms in total. The molecule has 26 heavy (non-hydrogen) atoms. The number of imide groups is 1. The van der Waals surface area contributed by atoms with Crippen molar-refractivity contribution in [3.05, 3.63) is 35.3 Å². The third-order valence-electron chi connectivity index (χ3n) is 3.90. The van der Waals surface area contributed by atoms with Crippen molar-refractivity contribution in [1.29, 1.82) is 0 Å². The molecule has 0 saturated carbocycles. The van der Waals surface area contributed by atoms with Gasteiger partial charge in [-0.3, -0.25) is 14.5 Å². The van der Waals surface area contributed by atoms with Gasteiger partial charge in [0.05, 0.1) is 16.3 Å². The fourth-order valence-electron chi connectivity index (χ4n) is 2.57. The van der Waals surface area contributed by atoms with E-state index in [4.69, 9.17) is 0 Å². The Hall–Kier alpha value is -2.30. The van der Waals surface area contributed by atoms with Crippen LogP contribution in [0.2, 0.25) is 0 Å². The van der Waals surface area contributed by atoms with Gasteiger partial charge < -0.3 is 5.32 Å². The van der Waals surface area contributed by atoms with Crippen LogP contribution in [0.1, 0.15) is 18.5 Å². The summed E-state index contributed by atoms with van der Waals surface area (Å²) < 4.78 is 27.2. The predicted molar refractivity (Wildman–Crippen MR) is 98.7 cm³/mol. The lowest BCUT2D eigenvalue weighted by Crippen LogP contribution is -2.29. The summed E-state index contributed by atoms with van der Waals surface area (Å²) in [6.07, 6.45) is 0.852. The number of sulfonamides is 1. The van der Waals surface area contributed by atoms with E-state index in [9.17, 15) is 18.0 Å².